The number of fused-ring (bicyclic) bond motifs is 1. The van der Waals surface area contributed by atoms with Crippen LogP contribution in [0.1, 0.15) is 17.3 Å². The molecule has 0 unspecified atom stereocenters. The summed E-state index contributed by atoms with van der Waals surface area (Å²) in [5.74, 6) is 0. The largest absolute Gasteiger partial charge is 0.242 e. The van der Waals surface area contributed by atoms with E-state index in [1.807, 2.05) is 12.1 Å². The van der Waals surface area contributed by atoms with Crippen molar-refractivity contribution in [3.05, 3.63) is 45.8 Å². The Hall–Kier alpha value is -1.54. The molecule has 1 aromatic carbocycles. The number of benzene rings is 1. The lowest BCUT2D eigenvalue weighted by Crippen LogP contribution is -2.05. The number of halogens is 1. The van der Waals surface area contributed by atoms with Gasteiger partial charge >= 0.3 is 0 Å². The van der Waals surface area contributed by atoms with Gasteiger partial charge in [-0.2, -0.15) is 0 Å². The summed E-state index contributed by atoms with van der Waals surface area (Å²) in [7, 11) is 0. The highest BCUT2D eigenvalue weighted by atomic mass is 19.1. The number of hydrogen-bond acceptors (Lipinski definition) is 1. The van der Waals surface area contributed by atoms with E-state index in [0.717, 1.165) is 5.56 Å². The third kappa shape index (κ3) is 1.25. The Morgan fingerprint density at radius 2 is 2.23 bits per heavy atom. The molecule has 0 fully saturated rings. The van der Waals surface area contributed by atoms with Crippen molar-refractivity contribution in [3.63, 3.8) is 0 Å². The Morgan fingerprint density at radius 3 is 2.92 bits per heavy atom. The van der Waals surface area contributed by atoms with E-state index in [1.165, 1.54) is 0 Å². The predicted molar refractivity (Wildman–Crippen MR) is 46.9 cm³/mol. The highest BCUT2D eigenvalue weighted by Crippen LogP contribution is 2.35. The maximum absolute atomic E-state index is 13.5. The van der Waals surface area contributed by atoms with Crippen molar-refractivity contribution in [1.82, 2.24) is 0 Å². The van der Waals surface area contributed by atoms with Crippen molar-refractivity contribution in [2.75, 3.05) is 0 Å². The molecule has 66 valence electrons. The van der Waals surface area contributed by atoms with E-state index in [-0.39, 0.29) is 0 Å². The van der Waals surface area contributed by atoms with Crippen LogP contribution in [0.2, 0.25) is 0 Å². The quantitative estimate of drug-likeness (QED) is 0.360. The van der Waals surface area contributed by atoms with Gasteiger partial charge in [-0.3, -0.25) is 0 Å². The third-order valence-electron chi connectivity index (χ3n) is 2.32. The van der Waals surface area contributed by atoms with E-state index < -0.39 is 12.2 Å². The lowest BCUT2D eigenvalue weighted by Gasteiger charge is -2.04. The fourth-order valence-corrected chi connectivity index (χ4v) is 1.69. The van der Waals surface area contributed by atoms with E-state index >= 15 is 0 Å². The topological polar surface area (TPSA) is 48.8 Å². The molecule has 13 heavy (non-hydrogen) atoms. The second kappa shape index (κ2) is 3.07. The zero-order valence-electron chi connectivity index (χ0n) is 6.89. The molecule has 0 radical (unpaired) electrons. The summed E-state index contributed by atoms with van der Waals surface area (Å²) in [5.41, 5.74) is 9.83. The molecule has 0 spiro atoms. The Balaban J connectivity index is 2.37. The minimum Gasteiger partial charge on any atom is -0.242 e. The molecule has 0 bridgehead atoms. The zero-order chi connectivity index (χ0) is 9.26. The molecule has 0 aliphatic heterocycles. The second-order valence-electron chi connectivity index (χ2n) is 3.08. The van der Waals surface area contributed by atoms with Crippen LogP contribution in [0.3, 0.4) is 0 Å². The smallest absolute Gasteiger partial charge is 0.134 e. The first-order valence-electron chi connectivity index (χ1n) is 4.09. The van der Waals surface area contributed by atoms with Gasteiger partial charge in [0.2, 0.25) is 0 Å². The number of alkyl halides is 1. The Bertz CT molecular complexity index is 371. The fourth-order valence-electron chi connectivity index (χ4n) is 1.69. The van der Waals surface area contributed by atoms with Crippen molar-refractivity contribution >= 4 is 0 Å². The summed E-state index contributed by atoms with van der Waals surface area (Å²) in [4.78, 5) is 2.64. The summed E-state index contributed by atoms with van der Waals surface area (Å²) in [6.07, 6.45) is -0.617. The van der Waals surface area contributed by atoms with E-state index in [4.69, 9.17) is 5.53 Å². The fraction of sp³-hybridized carbons (Fsp3) is 0.333. The van der Waals surface area contributed by atoms with Gasteiger partial charge in [0.05, 0.1) is 6.04 Å². The third-order valence-corrected chi connectivity index (χ3v) is 2.32. The molecule has 3 nitrogen and oxygen atoms in total. The first-order chi connectivity index (χ1) is 6.33. The molecule has 0 saturated carbocycles. The van der Waals surface area contributed by atoms with Crippen LogP contribution in [0.4, 0.5) is 4.39 Å². The maximum Gasteiger partial charge on any atom is 0.134 e. The standard InChI is InChI=1S/C9H8FN3/c10-9-7-4-2-1-3-6(7)5-8(9)12-13-11/h1-4,8-9H,5H2/t8-,9+/m1/s1. The second-order valence-corrected chi connectivity index (χ2v) is 3.08. The minimum atomic E-state index is -1.13. The molecule has 0 N–H and O–H groups in total. The van der Waals surface area contributed by atoms with Gasteiger partial charge in [-0.25, -0.2) is 4.39 Å². The summed E-state index contributed by atoms with van der Waals surface area (Å²) < 4.78 is 13.5. The molecule has 2 atom stereocenters. The van der Waals surface area contributed by atoms with Crippen molar-refractivity contribution in [2.24, 2.45) is 5.11 Å². The van der Waals surface area contributed by atoms with Crippen LogP contribution in [-0.2, 0) is 6.42 Å². The van der Waals surface area contributed by atoms with Crippen molar-refractivity contribution in [1.29, 1.82) is 0 Å². The minimum absolute atomic E-state index is 0.515. The molecular weight excluding hydrogens is 169 g/mol. The predicted octanol–water partition coefficient (Wildman–Crippen LogP) is 2.93. The first-order valence-corrected chi connectivity index (χ1v) is 4.09. The summed E-state index contributed by atoms with van der Waals surface area (Å²) in [5, 5.41) is 3.42. The highest BCUT2D eigenvalue weighted by Gasteiger charge is 2.31. The molecule has 1 aliphatic rings. The van der Waals surface area contributed by atoms with Crippen LogP contribution in [0, 0.1) is 0 Å². The van der Waals surface area contributed by atoms with Gasteiger partial charge in [-0.15, -0.1) is 0 Å². The van der Waals surface area contributed by atoms with Crippen molar-refractivity contribution < 1.29 is 4.39 Å². The monoisotopic (exact) mass is 177 g/mol. The lowest BCUT2D eigenvalue weighted by atomic mass is 10.1. The van der Waals surface area contributed by atoms with Crippen LogP contribution < -0.4 is 0 Å². The molecule has 1 aliphatic carbocycles. The van der Waals surface area contributed by atoms with Crippen LogP contribution in [-0.4, -0.2) is 6.04 Å². The summed E-state index contributed by atoms with van der Waals surface area (Å²) in [6.45, 7) is 0. The average Bonchev–Trinajstić information content (AvgIpc) is 2.46. The molecule has 2 rings (SSSR count). The van der Waals surface area contributed by atoms with Crippen molar-refractivity contribution in [2.45, 2.75) is 18.6 Å². The van der Waals surface area contributed by atoms with Gasteiger partial charge in [0, 0.05) is 4.91 Å². The van der Waals surface area contributed by atoms with E-state index in [2.05, 4.69) is 10.0 Å². The molecular formula is C9H8FN3. The van der Waals surface area contributed by atoms with Crippen molar-refractivity contribution in [3.8, 4) is 0 Å². The van der Waals surface area contributed by atoms with Gasteiger partial charge in [0.1, 0.15) is 6.17 Å². The molecule has 0 heterocycles. The van der Waals surface area contributed by atoms with Crippen LogP contribution >= 0.6 is 0 Å². The van der Waals surface area contributed by atoms with Gasteiger partial charge < -0.3 is 0 Å². The van der Waals surface area contributed by atoms with Crippen LogP contribution in [0.5, 0.6) is 0 Å². The van der Waals surface area contributed by atoms with Gasteiger partial charge in [0.25, 0.3) is 0 Å². The highest BCUT2D eigenvalue weighted by molar-refractivity contribution is 5.35. The van der Waals surface area contributed by atoms with E-state index in [0.29, 0.717) is 12.0 Å². The Kier molecular flexibility index (Phi) is 1.91. The van der Waals surface area contributed by atoms with Crippen LogP contribution in [0.15, 0.2) is 29.4 Å². The first kappa shape index (κ1) is 8.08. The summed E-state index contributed by atoms with van der Waals surface area (Å²) >= 11 is 0. The Morgan fingerprint density at radius 1 is 1.46 bits per heavy atom. The zero-order valence-corrected chi connectivity index (χ0v) is 6.89. The lowest BCUT2D eigenvalue weighted by molar-refractivity contribution is 0.308. The molecule has 0 amide bonds. The SMILES string of the molecule is [N-]=[N+]=N[C@@H]1Cc2ccccc2[C@@H]1F. The number of hydrogen-bond donors (Lipinski definition) is 0. The average molecular weight is 177 g/mol. The summed E-state index contributed by atoms with van der Waals surface area (Å²) in [6, 6.07) is 6.72. The molecule has 4 heteroatoms. The number of azide groups is 1. The van der Waals surface area contributed by atoms with Gasteiger partial charge in [-0.05, 0) is 23.1 Å². The van der Waals surface area contributed by atoms with Gasteiger partial charge in [-0.1, -0.05) is 29.4 Å². The van der Waals surface area contributed by atoms with E-state index in [9.17, 15) is 4.39 Å². The Labute approximate surface area is 74.8 Å². The van der Waals surface area contributed by atoms with Crippen LogP contribution in [0.25, 0.3) is 10.4 Å². The molecule has 1 aromatic rings. The maximum atomic E-state index is 13.5. The normalized spacial score (nSPS) is 25.0. The van der Waals surface area contributed by atoms with Gasteiger partial charge in [0.15, 0.2) is 0 Å². The number of nitrogens with zero attached hydrogens (tertiary/aromatic N) is 3. The molecule has 0 saturated heterocycles. The van der Waals surface area contributed by atoms with E-state index in [1.54, 1.807) is 12.1 Å². The molecule has 0 aromatic heterocycles. The number of rotatable bonds is 1.